The second-order valence-electron chi connectivity index (χ2n) is 7.42. The number of benzene rings is 1. The zero-order valence-corrected chi connectivity index (χ0v) is 17.5. The van der Waals surface area contributed by atoms with Gasteiger partial charge in [-0.05, 0) is 68.0 Å². The van der Waals surface area contributed by atoms with Crippen LogP contribution in [0.1, 0.15) is 60.5 Å². The van der Waals surface area contributed by atoms with Gasteiger partial charge >= 0.3 is 6.18 Å². The summed E-state index contributed by atoms with van der Waals surface area (Å²) in [5.41, 5.74) is 2.01. The van der Waals surface area contributed by atoms with Crippen LogP contribution in [-0.4, -0.2) is 36.5 Å². The van der Waals surface area contributed by atoms with Gasteiger partial charge in [-0.3, -0.25) is 9.69 Å². The molecule has 7 heteroatoms. The zero-order valence-electron chi connectivity index (χ0n) is 15.9. The lowest BCUT2D eigenvalue weighted by atomic mass is 9.81. The van der Waals surface area contributed by atoms with Gasteiger partial charge in [0.2, 0.25) is 0 Å². The van der Waals surface area contributed by atoms with Crippen LogP contribution in [0.2, 0.25) is 0 Å². The third-order valence-electron chi connectivity index (χ3n) is 5.50. The molecule has 0 bridgehead atoms. The summed E-state index contributed by atoms with van der Waals surface area (Å²) in [6, 6.07) is 3.00. The fourth-order valence-corrected chi connectivity index (χ4v) is 4.57. The van der Waals surface area contributed by atoms with E-state index in [0.29, 0.717) is 37.9 Å². The smallest absolute Gasteiger partial charge is 0.298 e. The van der Waals surface area contributed by atoms with Crippen LogP contribution in [0.3, 0.4) is 0 Å². The van der Waals surface area contributed by atoms with Crippen molar-refractivity contribution in [2.75, 3.05) is 19.6 Å². The topological polar surface area (TPSA) is 20.3 Å². The van der Waals surface area contributed by atoms with Crippen molar-refractivity contribution in [2.24, 2.45) is 5.92 Å². The molecule has 0 aromatic heterocycles. The Morgan fingerprint density at radius 3 is 2.41 bits per heavy atom. The fourth-order valence-electron chi connectivity index (χ4n) is 3.72. The highest BCUT2D eigenvalue weighted by molar-refractivity contribution is 9.09. The molecule has 27 heavy (non-hydrogen) atoms. The van der Waals surface area contributed by atoms with E-state index in [1.165, 1.54) is 11.0 Å². The van der Waals surface area contributed by atoms with Crippen molar-refractivity contribution < 1.29 is 22.4 Å². The van der Waals surface area contributed by atoms with Gasteiger partial charge in [0.15, 0.2) is 5.78 Å². The lowest BCUT2D eigenvalue weighted by molar-refractivity contribution is -0.148. The van der Waals surface area contributed by atoms with Crippen LogP contribution < -0.4 is 0 Å². The van der Waals surface area contributed by atoms with Gasteiger partial charge in [0.25, 0.3) is 0 Å². The standard InChI is InChI=1S/C20H26BrF4NO/c1-4-12(2)19(27)18(21)15-5-6-16(22)13(3)17(15)14-7-9-26(10-8-14)11-20(23,24)25/h5-6,12,14,18H,4,7-11H2,1-3H3. The summed E-state index contributed by atoms with van der Waals surface area (Å²) < 4.78 is 52.1. The molecule has 2 atom stereocenters. The predicted molar refractivity (Wildman–Crippen MR) is 102 cm³/mol. The van der Waals surface area contributed by atoms with Crippen molar-refractivity contribution in [3.8, 4) is 0 Å². The summed E-state index contributed by atoms with van der Waals surface area (Å²) in [5.74, 6) is -0.479. The summed E-state index contributed by atoms with van der Waals surface area (Å²) in [7, 11) is 0. The minimum Gasteiger partial charge on any atom is -0.298 e. The van der Waals surface area contributed by atoms with Crippen LogP contribution >= 0.6 is 15.9 Å². The van der Waals surface area contributed by atoms with Crippen LogP contribution in [0.4, 0.5) is 17.6 Å². The van der Waals surface area contributed by atoms with E-state index in [4.69, 9.17) is 0 Å². The highest BCUT2D eigenvalue weighted by Gasteiger charge is 2.34. The van der Waals surface area contributed by atoms with E-state index in [1.807, 2.05) is 13.8 Å². The number of likely N-dealkylation sites (tertiary alicyclic amines) is 1. The number of hydrogen-bond acceptors (Lipinski definition) is 2. The first-order valence-electron chi connectivity index (χ1n) is 9.31. The summed E-state index contributed by atoms with van der Waals surface area (Å²) in [6.45, 7) is 5.20. The number of Topliss-reactive ketones (excluding diaryl/α,β-unsaturated/α-hetero) is 1. The van der Waals surface area contributed by atoms with E-state index < -0.39 is 17.5 Å². The van der Waals surface area contributed by atoms with Crippen LogP contribution in [0.25, 0.3) is 0 Å². The van der Waals surface area contributed by atoms with E-state index in [0.717, 1.165) is 11.1 Å². The third kappa shape index (κ3) is 5.53. The maximum Gasteiger partial charge on any atom is 0.401 e. The molecule has 1 aromatic carbocycles. The highest BCUT2D eigenvalue weighted by Crippen LogP contribution is 2.40. The van der Waals surface area contributed by atoms with E-state index in [2.05, 4.69) is 15.9 Å². The van der Waals surface area contributed by atoms with Crippen LogP contribution in [0.15, 0.2) is 12.1 Å². The SMILES string of the molecule is CCC(C)C(=O)C(Br)c1ccc(F)c(C)c1C1CCN(CC(F)(F)F)CC1. The predicted octanol–water partition coefficient (Wildman–Crippen LogP) is 5.93. The van der Waals surface area contributed by atoms with Crippen LogP contribution in [0, 0.1) is 18.7 Å². The number of hydrogen-bond donors (Lipinski definition) is 0. The van der Waals surface area contributed by atoms with E-state index in [-0.39, 0.29) is 23.4 Å². The average Bonchev–Trinajstić information content (AvgIpc) is 2.61. The molecule has 0 aliphatic carbocycles. The first-order chi connectivity index (χ1) is 12.5. The van der Waals surface area contributed by atoms with Gasteiger partial charge in [-0.1, -0.05) is 35.8 Å². The molecule has 152 valence electrons. The number of halogens is 5. The molecule has 0 radical (unpaired) electrons. The van der Waals surface area contributed by atoms with Gasteiger partial charge in [0.1, 0.15) is 5.82 Å². The lowest BCUT2D eigenvalue weighted by Crippen LogP contribution is -2.39. The molecule has 1 saturated heterocycles. The number of alkyl halides is 4. The third-order valence-corrected chi connectivity index (χ3v) is 6.45. The Labute approximate surface area is 166 Å². The second-order valence-corrected chi connectivity index (χ2v) is 8.33. The molecule has 1 fully saturated rings. The molecule has 1 aliphatic heterocycles. The molecule has 0 saturated carbocycles. The maximum absolute atomic E-state index is 14.2. The molecule has 1 aromatic rings. The Morgan fingerprint density at radius 1 is 1.30 bits per heavy atom. The molecular formula is C20H26BrF4NO. The van der Waals surface area contributed by atoms with Gasteiger partial charge in [-0.15, -0.1) is 0 Å². The molecule has 2 nitrogen and oxygen atoms in total. The van der Waals surface area contributed by atoms with Gasteiger partial charge in [-0.25, -0.2) is 4.39 Å². The first kappa shape index (κ1) is 22.3. The molecule has 2 rings (SSSR count). The summed E-state index contributed by atoms with van der Waals surface area (Å²) in [5, 5.41) is 0. The van der Waals surface area contributed by atoms with Crippen molar-refractivity contribution in [1.82, 2.24) is 4.90 Å². The Morgan fingerprint density at radius 2 is 1.89 bits per heavy atom. The molecule has 1 heterocycles. The number of rotatable bonds is 6. The summed E-state index contributed by atoms with van der Waals surface area (Å²) in [6.07, 6.45) is -2.46. The monoisotopic (exact) mass is 451 g/mol. The molecule has 0 spiro atoms. The first-order valence-corrected chi connectivity index (χ1v) is 10.2. The van der Waals surface area contributed by atoms with Gasteiger partial charge in [0, 0.05) is 5.92 Å². The normalized spacial score (nSPS) is 19.1. The summed E-state index contributed by atoms with van der Waals surface area (Å²) in [4.78, 5) is 13.5. The van der Waals surface area contributed by atoms with Crippen molar-refractivity contribution in [3.63, 3.8) is 0 Å². The van der Waals surface area contributed by atoms with Crippen molar-refractivity contribution >= 4 is 21.7 Å². The van der Waals surface area contributed by atoms with Crippen LogP contribution in [-0.2, 0) is 4.79 Å². The number of ketones is 1. The Hall–Kier alpha value is -0.950. The molecular weight excluding hydrogens is 426 g/mol. The van der Waals surface area contributed by atoms with E-state index in [1.54, 1.807) is 13.0 Å². The zero-order chi connectivity index (χ0) is 20.4. The second kappa shape index (κ2) is 9.03. The minimum atomic E-state index is -4.21. The average molecular weight is 452 g/mol. The molecule has 0 N–H and O–H groups in total. The molecule has 0 amide bonds. The molecule has 1 aliphatic rings. The highest BCUT2D eigenvalue weighted by atomic mass is 79.9. The maximum atomic E-state index is 14.2. The van der Waals surface area contributed by atoms with Gasteiger partial charge < -0.3 is 0 Å². The molecule has 2 unspecified atom stereocenters. The minimum absolute atomic E-state index is 0.0410. The van der Waals surface area contributed by atoms with Gasteiger partial charge in [0.05, 0.1) is 11.4 Å². The Balaban J connectivity index is 2.26. The number of nitrogens with zero attached hydrogens (tertiary/aromatic N) is 1. The van der Waals surface area contributed by atoms with Crippen molar-refractivity contribution in [2.45, 2.75) is 57.0 Å². The summed E-state index contributed by atoms with van der Waals surface area (Å²) >= 11 is 3.49. The Bertz CT molecular complexity index is 669. The van der Waals surface area contributed by atoms with Crippen molar-refractivity contribution in [1.29, 1.82) is 0 Å². The van der Waals surface area contributed by atoms with Gasteiger partial charge in [-0.2, -0.15) is 13.2 Å². The van der Waals surface area contributed by atoms with E-state index in [9.17, 15) is 22.4 Å². The fraction of sp³-hybridized carbons (Fsp3) is 0.650. The Kier molecular flexibility index (Phi) is 7.47. The van der Waals surface area contributed by atoms with E-state index >= 15 is 0 Å². The number of carbonyl (C=O) groups is 1. The van der Waals surface area contributed by atoms with Crippen molar-refractivity contribution in [3.05, 3.63) is 34.6 Å². The largest absolute Gasteiger partial charge is 0.401 e. The van der Waals surface area contributed by atoms with Crippen LogP contribution in [0.5, 0.6) is 0 Å². The lowest BCUT2D eigenvalue weighted by Gasteiger charge is -2.34. The quantitative estimate of drug-likeness (QED) is 0.394. The number of carbonyl (C=O) groups excluding carboxylic acids is 1. The number of piperidine rings is 1.